The van der Waals surface area contributed by atoms with E-state index in [1.807, 2.05) is 20.1 Å². The van der Waals surface area contributed by atoms with Crippen LogP contribution < -0.4 is 0 Å². The molecule has 0 saturated carbocycles. The SMILES string of the molecule is C/C=C\C[C@H](C=CC/C=N/[C@@H](C)C(C)C=O)/C(=C\C)C/C=C\C=C(/C)CC1=C/C=C\CC\C=C\1C. The fourth-order valence-electron chi connectivity index (χ4n) is 3.83. The Hall–Kier alpha value is -2.74. The zero-order valence-corrected chi connectivity index (χ0v) is 22.9. The van der Waals surface area contributed by atoms with Crippen molar-refractivity contribution in [3.05, 3.63) is 95.2 Å². The molecule has 0 spiro atoms. The van der Waals surface area contributed by atoms with Crippen molar-refractivity contribution in [1.82, 2.24) is 0 Å². The van der Waals surface area contributed by atoms with E-state index in [-0.39, 0.29) is 12.0 Å². The van der Waals surface area contributed by atoms with Crippen molar-refractivity contribution in [2.24, 2.45) is 16.8 Å². The molecule has 1 aliphatic rings. The molecule has 0 aliphatic heterocycles. The van der Waals surface area contributed by atoms with Gasteiger partial charge in [0.15, 0.2) is 0 Å². The minimum atomic E-state index is -0.0393. The van der Waals surface area contributed by atoms with Gasteiger partial charge in [-0.15, -0.1) is 0 Å². The van der Waals surface area contributed by atoms with E-state index in [1.165, 1.54) is 22.3 Å². The largest absolute Gasteiger partial charge is 0.303 e. The van der Waals surface area contributed by atoms with Gasteiger partial charge in [0.2, 0.25) is 0 Å². The molecule has 0 N–H and O–H groups in total. The molecule has 35 heavy (non-hydrogen) atoms. The Morgan fingerprint density at radius 2 is 1.94 bits per heavy atom. The number of carbonyl (C=O) groups excluding carboxylic acids is 1. The zero-order chi connectivity index (χ0) is 25.9. The van der Waals surface area contributed by atoms with E-state index in [2.05, 4.69) is 106 Å². The Balaban J connectivity index is 2.73. The van der Waals surface area contributed by atoms with E-state index >= 15 is 0 Å². The topological polar surface area (TPSA) is 29.4 Å². The van der Waals surface area contributed by atoms with Crippen LogP contribution in [0.2, 0.25) is 0 Å². The van der Waals surface area contributed by atoms with E-state index in [1.54, 1.807) is 0 Å². The normalized spacial score (nSPS) is 22.6. The maximum Gasteiger partial charge on any atom is 0.124 e. The molecule has 1 rings (SSSR count). The lowest BCUT2D eigenvalue weighted by molar-refractivity contribution is -0.111. The van der Waals surface area contributed by atoms with Gasteiger partial charge in [-0.1, -0.05) is 96.6 Å². The lowest BCUT2D eigenvalue weighted by Gasteiger charge is -2.14. The molecule has 0 amide bonds. The number of rotatable bonds is 14. The van der Waals surface area contributed by atoms with Crippen LogP contribution in [0.3, 0.4) is 0 Å². The Labute approximate surface area is 215 Å². The molecular formula is C33H47NO. The second-order valence-corrected chi connectivity index (χ2v) is 9.41. The Bertz CT molecular complexity index is 901. The van der Waals surface area contributed by atoms with Crippen LogP contribution in [0.25, 0.3) is 0 Å². The van der Waals surface area contributed by atoms with Gasteiger partial charge in [-0.3, -0.25) is 4.99 Å². The molecule has 2 nitrogen and oxygen atoms in total. The Kier molecular flexibility index (Phi) is 16.1. The molecule has 0 aromatic rings. The summed E-state index contributed by atoms with van der Waals surface area (Å²) >= 11 is 0. The number of nitrogens with zero attached hydrogens (tertiary/aromatic N) is 1. The first-order valence-corrected chi connectivity index (χ1v) is 13.2. The van der Waals surface area contributed by atoms with Crippen molar-refractivity contribution in [2.75, 3.05) is 0 Å². The smallest absolute Gasteiger partial charge is 0.124 e. The summed E-state index contributed by atoms with van der Waals surface area (Å²) in [5.74, 6) is 0.341. The predicted octanol–water partition coefficient (Wildman–Crippen LogP) is 9.26. The maximum atomic E-state index is 10.9. The van der Waals surface area contributed by atoms with Crippen molar-refractivity contribution in [3.63, 3.8) is 0 Å². The summed E-state index contributed by atoms with van der Waals surface area (Å²) in [6.07, 6.45) is 35.8. The zero-order valence-electron chi connectivity index (χ0n) is 22.9. The molecule has 0 fully saturated rings. The van der Waals surface area contributed by atoms with Crippen LogP contribution in [0.4, 0.5) is 0 Å². The first-order valence-electron chi connectivity index (χ1n) is 13.2. The maximum absolute atomic E-state index is 10.9. The monoisotopic (exact) mass is 473 g/mol. The van der Waals surface area contributed by atoms with Crippen molar-refractivity contribution < 1.29 is 4.79 Å². The molecule has 3 atom stereocenters. The molecule has 0 bridgehead atoms. The number of aliphatic imine (C=N–C) groups is 1. The molecule has 1 aliphatic carbocycles. The third-order valence-electron chi connectivity index (χ3n) is 6.46. The molecule has 0 saturated heterocycles. The molecule has 0 heterocycles. The molecule has 0 aromatic carbocycles. The van der Waals surface area contributed by atoms with Gasteiger partial charge in [-0.2, -0.15) is 0 Å². The lowest BCUT2D eigenvalue weighted by Crippen LogP contribution is -2.12. The second-order valence-electron chi connectivity index (χ2n) is 9.41. The average molecular weight is 474 g/mol. The third-order valence-corrected chi connectivity index (χ3v) is 6.46. The predicted molar refractivity (Wildman–Crippen MR) is 156 cm³/mol. The highest BCUT2D eigenvalue weighted by Crippen LogP contribution is 2.23. The standard InChI is InChI=1S/C33H47NO/c1-7-9-20-32(22-16-17-24-34-30(6)29(5)26-35)31(8-2)21-15-14-18-27(3)25-33-23-13-11-10-12-19-28(33)4/h7-9,11,13-16,18-19,22-24,26,29-30,32H,10,12,17,20-21,25H2,1-6H3/b9-7-,13-11-,15-14-,22-16?,27-18+,28-19+,31-8-,33-23-,34-24+/t29?,30-,32+/m0/s1. The van der Waals surface area contributed by atoms with Crippen LogP contribution in [-0.2, 0) is 4.79 Å². The number of aldehydes is 1. The van der Waals surface area contributed by atoms with Crippen LogP contribution in [0, 0.1) is 11.8 Å². The Morgan fingerprint density at radius 3 is 2.66 bits per heavy atom. The summed E-state index contributed by atoms with van der Waals surface area (Å²) in [7, 11) is 0. The van der Waals surface area contributed by atoms with Crippen LogP contribution in [0.15, 0.2) is 100 Å². The number of carbonyl (C=O) groups is 1. The lowest BCUT2D eigenvalue weighted by atomic mass is 9.91. The quantitative estimate of drug-likeness (QED) is 0.107. The number of hydrogen-bond acceptors (Lipinski definition) is 2. The van der Waals surface area contributed by atoms with Crippen LogP contribution in [0.1, 0.15) is 80.1 Å². The third kappa shape index (κ3) is 13.1. The fraction of sp³-hybridized carbons (Fsp3) is 0.455. The van der Waals surface area contributed by atoms with Gasteiger partial charge < -0.3 is 4.79 Å². The molecule has 0 aromatic heterocycles. The first-order chi connectivity index (χ1) is 16.9. The van der Waals surface area contributed by atoms with E-state index in [9.17, 15) is 4.79 Å². The summed E-state index contributed by atoms with van der Waals surface area (Å²) < 4.78 is 0. The van der Waals surface area contributed by atoms with Gasteiger partial charge >= 0.3 is 0 Å². The average Bonchev–Trinajstić information content (AvgIpc) is 2.85. The highest BCUT2D eigenvalue weighted by Gasteiger charge is 2.09. The highest BCUT2D eigenvalue weighted by molar-refractivity contribution is 5.61. The van der Waals surface area contributed by atoms with E-state index in [0.717, 1.165) is 44.8 Å². The summed E-state index contributed by atoms with van der Waals surface area (Å²) in [5, 5.41) is 0. The number of hydrogen-bond donors (Lipinski definition) is 0. The highest BCUT2D eigenvalue weighted by atomic mass is 16.1. The minimum absolute atomic E-state index is 0.0345. The molecular weight excluding hydrogens is 426 g/mol. The van der Waals surface area contributed by atoms with E-state index in [4.69, 9.17) is 0 Å². The molecule has 2 heteroatoms. The fourth-order valence-corrected chi connectivity index (χ4v) is 3.83. The summed E-state index contributed by atoms with van der Waals surface area (Å²) in [6.45, 7) is 12.5. The van der Waals surface area contributed by atoms with Crippen molar-refractivity contribution in [2.45, 2.75) is 86.1 Å². The van der Waals surface area contributed by atoms with Crippen molar-refractivity contribution in [1.29, 1.82) is 0 Å². The number of allylic oxidation sites excluding steroid dienone is 16. The molecule has 0 radical (unpaired) electrons. The second kappa shape index (κ2) is 18.6. The van der Waals surface area contributed by atoms with Crippen molar-refractivity contribution in [3.8, 4) is 0 Å². The van der Waals surface area contributed by atoms with Crippen LogP contribution in [-0.4, -0.2) is 18.5 Å². The van der Waals surface area contributed by atoms with Gasteiger partial charge in [0.1, 0.15) is 6.29 Å². The van der Waals surface area contributed by atoms with Gasteiger partial charge in [-0.25, -0.2) is 0 Å². The molecule has 190 valence electrons. The van der Waals surface area contributed by atoms with Crippen LogP contribution >= 0.6 is 0 Å². The summed E-state index contributed by atoms with van der Waals surface area (Å²) in [4.78, 5) is 15.4. The molecule has 1 unspecified atom stereocenters. The van der Waals surface area contributed by atoms with E-state index < -0.39 is 0 Å². The van der Waals surface area contributed by atoms with Crippen molar-refractivity contribution >= 4 is 12.5 Å². The Morgan fingerprint density at radius 1 is 1.14 bits per heavy atom. The first kappa shape index (κ1) is 30.3. The summed E-state index contributed by atoms with van der Waals surface area (Å²) in [5.41, 5.74) is 5.61. The van der Waals surface area contributed by atoms with Gasteiger partial charge in [0.25, 0.3) is 0 Å². The van der Waals surface area contributed by atoms with Crippen LogP contribution in [0.5, 0.6) is 0 Å². The van der Waals surface area contributed by atoms with Gasteiger partial charge in [0, 0.05) is 24.5 Å². The van der Waals surface area contributed by atoms with Gasteiger partial charge in [0.05, 0.1) is 6.04 Å². The minimum Gasteiger partial charge on any atom is -0.303 e. The van der Waals surface area contributed by atoms with E-state index in [0.29, 0.717) is 5.92 Å². The van der Waals surface area contributed by atoms with Gasteiger partial charge in [-0.05, 0) is 72.3 Å². The summed E-state index contributed by atoms with van der Waals surface area (Å²) in [6, 6.07) is 0.0345.